The Morgan fingerprint density at radius 1 is 0.500 bits per heavy atom. The molecule has 9 rings (SSSR count). The molecule has 0 spiro atoms. The van der Waals surface area contributed by atoms with Crippen LogP contribution in [0.1, 0.15) is 155 Å². The number of para-hydroxylation sites is 1. The van der Waals surface area contributed by atoms with Crippen LogP contribution in [0.5, 0.6) is 11.5 Å². The minimum atomic E-state index is -0.424. The molecule has 0 atom stereocenters. The zero-order chi connectivity index (χ0) is 51.1. The molecule has 374 valence electrons. The van der Waals surface area contributed by atoms with Gasteiger partial charge in [0.05, 0.1) is 11.4 Å². The molecular formula is C66H72N4OPt-2. The standard InChI is InChI=1S/C66H72N4O.Pt/c1-61(2,3)46-31-32-67-59(38-46)70-56-30-24-23-29-54(56)60-55(65(13,14)44-25-19-17-20-26-44)40-53(41-57(60)70)71-52-37-49(64(10,11)12)36-51(39-52)69-43-68(42-58(69)66(15,16)45-27-21-18-22-28-45)50-34-47(62(4,5)6)33-48(35-50)63(7,8)9;/h17-38,40,42H,1-16H3;/q-2;. The van der Waals surface area contributed by atoms with Crippen LogP contribution in [-0.4, -0.2) is 14.1 Å². The van der Waals surface area contributed by atoms with Crippen molar-refractivity contribution in [2.24, 2.45) is 0 Å². The van der Waals surface area contributed by atoms with Crippen molar-refractivity contribution in [3.8, 4) is 28.7 Å². The molecule has 0 unspecified atom stereocenters. The number of ether oxygens (including phenoxy) is 1. The van der Waals surface area contributed by atoms with Crippen molar-refractivity contribution < 1.29 is 30.4 Å². The summed E-state index contributed by atoms with van der Waals surface area (Å²) in [5.41, 5.74) is 12.2. The minimum Gasteiger partial charge on any atom is -0.510 e. The maximum absolute atomic E-state index is 7.25. The van der Waals surface area contributed by atoms with Crippen LogP contribution in [0.2, 0.25) is 0 Å². The average Bonchev–Trinajstić information content (AvgIpc) is 3.92. The molecule has 0 aliphatic heterocycles. The summed E-state index contributed by atoms with van der Waals surface area (Å²) < 4.78 is 13.9. The number of hydrogen-bond acceptors (Lipinski definition) is 2. The Morgan fingerprint density at radius 3 is 1.61 bits per heavy atom. The van der Waals surface area contributed by atoms with E-state index >= 15 is 0 Å². The summed E-state index contributed by atoms with van der Waals surface area (Å²) in [6.45, 7) is 36.5. The Bertz CT molecular complexity index is 3390. The molecule has 0 bridgehead atoms. The SMILES string of the molecule is CC(C)(C)c1cc(Oc2[c-]c3c(c(C(C)(C)c4ccccc4)c2)c2ccccc2n3-c2cc(C(C)(C)C)ccn2)[c-]c(-n2[c-][n+](-c3cc(C(C)(C)C)cc(C(C)(C)C)c3)cc2C(C)(C)c2ccccc2)c1.[Pt]. The van der Waals surface area contributed by atoms with Crippen molar-refractivity contribution in [3.05, 3.63) is 209 Å². The predicted molar refractivity (Wildman–Crippen MR) is 294 cm³/mol. The summed E-state index contributed by atoms with van der Waals surface area (Å²) in [6, 6.07) is 55.9. The Morgan fingerprint density at radius 2 is 1.03 bits per heavy atom. The van der Waals surface area contributed by atoms with Crippen LogP contribution in [0.15, 0.2) is 146 Å². The number of nitrogens with zero attached hydrogens (tertiary/aromatic N) is 4. The number of benzene rings is 6. The van der Waals surface area contributed by atoms with Gasteiger partial charge in [-0.25, -0.2) is 4.98 Å². The molecule has 0 N–H and O–H groups in total. The molecule has 3 heterocycles. The topological polar surface area (TPSA) is 35.9 Å². The zero-order valence-electron chi connectivity index (χ0n) is 45.4. The normalized spacial score (nSPS) is 12.9. The number of rotatable bonds is 9. The summed E-state index contributed by atoms with van der Waals surface area (Å²) in [5.74, 6) is 2.05. The molecule has 0 radical (unpaired) electrons. The third kappa shape index (κ3) is 10.0. The van der Waals surface area contributed by atoms with E-state index in [1.54, 1.807) is 0 Å². The van der Waals surface area contributed by atoms with Gasteiger partial charge in [0.15, 0.2) is 0 Å². The first-order chi connectivity index (χ1) is 33.2. The number of imidazole rings is 1. The monoisotopic (exact) mass is 1130 g/mol. The predicted octanol–water partition coefficient (Wildman–Crippen LogP) is 16.3. The molecule has 3 aromatic heterocycles. The van der Waals surface area contributed by atoms with Gasteiger partial charge in [-0.2, -0.15) is 11.6 Å². The Hall–Kier alpha value is -6.03. The van der Waals surface area contributed by atoms with Gasteiger partial charge in [0, 0.05) is 55.9 Å². The molecule has 72 heavy (non-hydrogen) atoms. The molecule has 0 amide bonds. The number of hydrogen-bond donors (Lipinski definition) is 0. The number of fused-ring (bicyclic) bond motifs is 3. The van der Waals surface area contributed by atoms with E-state index in [1.165, 1.54) is 27.8 Å². The summed E-state index contributed by atoms with van der Waals surface area (Å²) >= 11 is 0. The zero-order valence-corrected chi connectivity index (χ0v) is 47.6. The smallest absolute Gasteiger partial charge is 0.267 e. The van der Waals surface area contributed by atoms with Crippen LogP contribution >= 0.6 is 0 Å². The van der Waals surface area contributed by atoms with Crippen LogP contribution < -0.4 is 9.30 Å². The fourth-order valence-electron chi connectivity index (χ4n) is 9.79. The van der Waals surface area contributed by atoms with E-state index in [1.807, 2.05) is 6.20 Å². The Kier molecular flexibility index (Phi) is 13.6. The maximum atomic E-state index is 7.25. The molecular weight excluding hydrogens is 1060 g/mol. The molecule has 6 heteroatoms. The third-order valence-corrected chi connectivity index (χ3v) is 14.6. The van der Waals surface area contributed by atoms with Crippen LogP contribution in [0.4, 0.5) is 0 Å². The van der Waals surface area contributed by atoms with E-state index in [-0.39, 0.29) is 42.7 Å². The average molecular weight is 1130 g/mol. The van der Waals surface area contributed by atoms with Gasteiger partial charge in [0.25, 0.3) is 6.33 Å². The summed E-state index contributed by atoms with van der Waals surface area (Å²) in [4.78, 5) is 5.04. The van der Waals surface area contributed by atoms with Crippen molar-refractivity contribution in [1.82, 2.24) is 14.1 Å². The van der Waals surface area contributed by atoms with Crippen molar-refractivity contribution in [1.29, 1.82) is 0 Å². The summed E-state index contributed by atoms with van der Waals surface area (Å²) in [6.07, 6.45) is 8.07. The van der Waals surface area contributed by atoms with Crippen LogP contribution in [-0.2, 0) is 53.6 Å². The van der Waals surface area contributed by atoms with Gasteiger partial charge in [-0.15, -0.1) is 29.8 Å². The van der Waals surface area contributed by atoms with E-state index in [4.69, 9.17) is 9.72 Å². The molecule has 9 aromatic rings. The van der Waals surface area contributed by atoms with Crippen LogP contribution in [0.25, 0.3) is 39.0 Å². The van der Waals surface area contributed by atoms with Gasteiger partial charge in [-0.3, -0.25) is 4.57 Å². The van der Waals surface area contributed by atoms with E-state index < -0.39 is 10.8 Å². The Balaban J connectivity index is 0.00000693. The van der Waals surface area contributed by atoms with Crippen molar-refractivity contribution >= 4 is 21.8 Å². The van der Waals surface area contributed by atoms with Crippen molar-refractivity contribution in [2.45, 2.75) is 143 Å². The second-order valence-corrected chi connectivity index (χ2v) is 24.8. The molecule has 0 fully saturated rings. The van der Waals surface area contributed by atoms with Gasteiger partial charge in [-0.05, 0) is 96.3 Å². The van der Waals surface area contributed by atoms with Crippen LogP contribution in [0.3, 0.4) is 0 Å². The number of aromatic nitrogens is 4. The number of pyridine rings is 1. The first-order valence-electron chi connectivity index (χ1n) is 25.3. The summed E-state index contributed by atoms with van der Waals surface area (Å²) in [5, 5.41) is 2.27. The fourth-order valence-corrected chi connectivity index (χ4v) is 9.79. The van der Waals surface area contributed by atoms with Gasteiger partial charge < -0.3 is 13.9 Å². The minimum absolute atomic E-state index is 0. The van der Waals surface area contributed by atoms with Gasteiger partial charge in [-0.1, -0.05) is 207 Å². The van der Waals surface area contributed by atoms with Crippen LogP contribution in [0, 0.1) is 18.5 Å². The Labute approximate surface area is 444 Å². The van der Waals surface area contributed by atoms with Crippen molar-refractivity contribution in [2.75, 3.05) is 0 Å². The molecule has 0 saturated carbocycles. The largest absolute Gasteiger partial charge is 0.510 e. The quantitative estimate of drug-likeness (QED) is 0.107. The fraction of sp³-hybridized carbons (Fsp3) is 0.333. The van der Waals surface area contributed by atoms with E-state index in [9.17, 15) is 0 Å². The molecule has 0 aliphatic carbocycles. The molecule has 5 nitrogen and oxygen atoms in total. The third-order valence-electron chi connectivity index (χ3n) is 14.6. The maximum Gasteiger partial charge on any atom is 0.267 e. The van der Waals surface area contributed by atoms with Gasteiger partial charge in [0.2, 0.25) is 0 Å². The first kappa shape index (κ1) is 52.3. The van der Waals surface area contributed by atoms with Crippen molar-refractivity contribution in [3.63, 3.8) is 0 Å². The van der Waals surface area contributed by atoms with Gasteiger partial charge in [0.1, 0.15) is 5.82 Å². The summed E-state index contributed by atoms with van der Waals surface area (Å²) in [7, 11) is 0. The van der Waals surface area contributed by atoms with E-state index in [2.05, 4.69) is 283 Å². The van der Waals surface area contributed by atoms with Gasteiger partial charge >= 0.3 is 0 Å². The molecule has 6 aromatic carbocycles. The van der Waals surface area contributed by atoms with E-state index in [0.717, 1.165) is 55.8 Å². The first-order valence-corrected chi connectivity index (χ1v) is 25.3. The van der Waals surface area contributed by atoms with E-state index in [0.29, 0.717) is 11.5 Å². The molecule has 0 saturated heterocycles. The second kappa shape index (κ2) is 18.8. The second-order valence-electron chi connectivity index (χ2n) is 24.8. The molecule has 0 aliphatic rings.